The molecular formula is C18H29BrN2. The number of aryl methyl sites for hydroxylation is 1. The van der Waals surface area contributed by atoms with Crippen molar-refractivity contribution < 1.29 is 0 Å². The zero-order valence-corrected chi connectivity index (χ0v) is 15.5. The lowest BCUT2D eigenvalue weighted by Gasteiger charge is -2.45. The highest BCUT2D eigenvalue weighted by Crippen LogP contribution is 2.35. The minimum atomic E-state index is 0.328. The van der Waals surface area contributed by atoms with E-state index in [2.05, 4.69) is 72.3 Å². The van der Waals surface area contributed by atoms with Gasteiger partial charge in [-0.1, -0.05) is 47.8 Å². The molecule has 3 heteroatoms. The van der Waals surface area contributed by atoms with Crippen molar-refractivity contribution >= 4 is 15.9 Å². The molecule has 1 N–H and O–H groups in total. The lowest BCUT2D eigenvalue weighted by atomic mass is 9.75. The van der Waals surface area contributed by atoms with E-state index < -0.39 is 0 Å². The fourth-order valence-corrected chi connectivity index (χ4v) is 4.22. The van der Waals surface area contributed by atoms with Gasteiger partial charge in [0.05, 0.1) is 0 Å². The highest BCUT2D eigenvalue weighted by atomic mass is 79.9. The van der Waals surface area contributed by atoms with Gasteiger partial charge >= 0.3 is 0 Å². The molecule has 1 saturated carbocycles. The second-order valence-corrected chi connectivity index (χ2v) is 7.87. The number of benzene rings is 1. The van der Waals surface area contributed by atoms with Gasteiger partial charge in [-0.3, -0.25) is 0 Å². The molecule has 1 aromatic rings. The smallest absolute Gasteiger partial charge is 0.0330 e. The van der Waals surface area contributed by atoms with Crippen molar-refractivity contribution in [2.24, 2.45) is 5.92 Å². The van der Waals surface area contributed by atoms with Crippen LogP contribution in [0.2, 0.25) is 0 Å². The maximum absolute atomic E-state index is 3.70. The number of hydrogen-bond donors (Lipinski definition) is 1. The zero-order chi connectivity index (χ0) is 15.5. The molecule has 2 unspecified atom stereocenters. The number of halogens is 1. The lowest BCUT2D eigenvalue weighted by Crippen LogP contribution is -2.54. The minimum absolute atomic E-state index is 0.328. The van der Waals surface area contributed by atoms with Crippen molar-refractivity contribution in [1.82, 2.24) is 10.2 Å². The Labute approximate surface area is 138 Å². The summed E-state index contributed by atoms with van der Waals surface area (Å²) in [6, 6.07) is 6.60. The number of nitrogens with zero attached hydrogens (tertiary/aromatic N) is 1. The lowest BCUT2D eigenvalue weighted by molar-refractivity contribution is 0.0749. The standard InChI is InChI=1S/C18H29BrN2/c1-14-7-8-16(17(19)10-14)12-20-13-18(21(3)4)9-5-6-15(2)11-18/h7-8,10,15,20H,5-6,9,11-13H2,1-4H3. The number of rotatable bonds is 5. The molecule has 1 aliphatic carbocycles. The molecule has 1 aromatic carbocycles. The first kappa shape index (κ1) is 17.0. The molecule has 0 aromatic heterocycles. The van der Waals surface area contributed by atoms with Crippen LogP contribution in [0.15, 0.2) is 22.7 Å². The van der Waals surface area contributed by atoms with E-state index in [1.807, 2.05) is 0 Å². The largest absolute Gasteiger partial charge is 0.311 e. The zero-order valence-electron chi connectivity index (χ0n) is 13.9. The molecule has 21 heavy (non-hydrogen) atoms. The Kier molecular flexibility index (Phi) is 5.87. The molecule has 1 aliphatic rings. The third-order valence-corrected chi connectivity index (χ3v) is 5.73. The fourth-order valence-electron chi connectivity index (χ4n) is 3.58. The van der Waals surface area contributed by atoms with Crippen LogP contribution in [0.5, 0.6) is 0 Å². The summed E-state index contributed by atoms with van der Waals surface area (Å²) in [5, 5.41) is 3.70. The van der Waals surface area contributed by atoms with E-state index >= 15 is 0 Å². The first-order valence-electron chi connectivity index (χ1n) is 8.06. The van der Waals surface area contributed by atoms with Crippen LogP contribution in [-0.4, -0.2) is 31.1 Å². The third kappa shape index (κ3) is 4.30. The van der Waals surface area contributed by atoms with Crippen LogP contribution in [0.25, 0.3) is 0 Å². The molecular weight excluding hydrogens is 324 g/mol. The van der Waals surface area contributed by atoms with Gasteiger partial charge in [0.15, 0.2) is 0 Å². The third-order valence-electron chi connectivity index (χ3n) is 4.99. The van der Waals surface area contributed by atoms with E-state index in [4.69, 9.17) is 0 Å². The van der Waals surface area contributed by atoms with Crippen molar-refractivity contribution in [3.05, 3.63) is 33.8 Å². The van der Waals surface area contributed by atoms with E-state index in [1.54, 1.807) is 0 Å². The summed E-state index contributed by atoms with van der Waals surface area (Å²) < 4.78 is 1.21. The molecule has 2 atom stereocenters. The summed E-state index contributed by atoms with van der Waals surface area (Å²) in [5.74, 6) is 0.842. The molecule has 0 aliphatic heterocycles. The maximum Gasteiger partial charge on any atom is 0.0330 e. The Hall–Kier alpha value is -0.380. The molecule has 1 fully saturated rings. The van der Waals surface area contributed by atoms with Gasteiger partial charge in [0.2, 0.25) is 0 Å². The van der Waals surface area contributed by atoms with Gasteiger partial charge in [-0.15, -0.1) is 0 Å². The highest BCUT2D eigenvalue weighted by Gasteiger charge is 2.36. The summed E-state index contributed by atoms with van der Waals surface area (Å²) in [7, 11) is 4.48. The second-order valence-electron chi connectivity index (χ2n) is 7.02. The maximum atomic E-state index is 3.70. The van der Waals surface area contributed by atoms with Gasteiger partial charge in [-0.2, -0.15) is 0 Å². The van der Waals surface area contributed by atoms with Crippen molar-refractivity contribution in [3.63, 3.8) is 0 Å². The molecule has 0 bridgehead atoms. The van der Waals surface area contributed by atoms with Gasteiger partial charge in [-0.05, 0) is 57.0 Å². The van der Waals surface area contributed by atoms with Crippen molar-refractivity contribution in [2.75, 3.05) is 20.6 Å². The average molecular weight is 353 g/mol. The van der Waals surface area contributed by atoms with Crippen LogP contribution in [0.3, 0.4) is 0 Å². The summed E-state index contributed by atoms with van der Waals surface area (Å²) >= 11 is 3.67. The number of nitrogens with one attached hydrogen (secondary N) is 1. The van der Waals surface area contributed by atoms with E-state index in [9.17, 15) is 0 Å². The van der Waals surface area contributed by atoms with Gasteiger partial charge in [0.1, 0.15) is 0 Å². The summed E-state index contributed by atoms with van der Waals surface area (Å²) in [6.07, 6.45) is 5.36. The fraction of sp³-hybridized carbons (Fsp3) is 0.667. The number of hydrogen-bond acceptors (Lipinski definition) is 2. The summed E-state index contributed by atoms with van der Waals surface area (Å²) in [5.41, 5.74) is 2.98. The molecule has 0 amide bonds. The first-order chi connectivity index (χ1) is 9.93. The normalized spacial score (nSPS) is 26.3. The van der Waals surface area contributed by atoms with Crippen LogP contribution < -0.4 is 5.32 Å². The average Bonchev–Trinajstić information content (AvgIpc) is 2.41. The summed E-state index contributed by atoms with van der Waals surface area (Å²) in [6.45, 7) is 6.54. The number of likely N-dealkylation sites (N-methyl/N-ethyl adjacent to an activating group) is 1. The first-order valence-corrected chi connectivity index (χ1v) is 8.85. The molecule has 0 heterocycles. The van der Waals surface area contributed by atoms with E-state index in [-0.39, 0.29) is 0 Å². The van der Waals surface area contributed by atoms with Crippen LogP contribution in [-0.2, 0) is 6.54 Å². The van der Waals surface area contributed by atoms with Crippen molar-refractivity contribution in [3.8, 4) is 0 Å². The minimum Gasteiger partial charge on any atom is -0.311 e. The Balaban J connectivity index is 1.96. The van der Waals surface area contributed by atoms with Crippen molar-refractivity contribution in [1.29, 1.82) is 0 Å². The Morgan fingerprint density at radius 2 is 2.14 bits per heavy atom. The Morgan fingerprint density at radius 1 is 1.38 bits per heavy atom. The summed E-state index contributed by atoms with van der Waals surface area (Å²) in [4.78, 5) is 2.44. The van der Waals surface area contributed by atoms with E-state index in [1.165, 1.54) is 41.3 Å². The molecule has 118 valence electrons. The van der Waals surface area contributed by atoms with Crippen molar-refractivity contribution in [2.45, 2.75) is 51.6 Å². The van der Waals surface area contributed by atoms with Crippen LogP contribution in [0, 0.1) is 12.8 Å². The van der Waals surface area contributed by atoms with E-state index in [0.29, 0.717) is 5.54 Å². The monoisotopic (exact) mass is 352 g/mol. The molecule has 0 spiro atoms. The highest BCUT2D eigenvalue weighted by molar-refractivity contribution is 9.10. The van der Waals surface area contributed by atoms with E-state index in [0.717, 1.165) is 19.0 Å². The molecule has 0 radical (unpaired) electrons. The predicted molar refractivity (Wildman–Crippen MR) is 94.6 cm³/mol. The van der Waals surface area contributed by atoms with Gasteiger partial charge < -0.3 is 10.2 Å². The van der Waals surface area contributed by atoms with Gasteiger partial charge in [-0.25, -0.2) is 0 Å². The second kappa shape index (κ2) is 7.26. The predicted octanol–water partition coefficient (Wildman–Crippen LogP) is 4.36. The molecule has 2 rings (SSSR count). The van der Waals surface area contributed by atoms with Gasteiger partial charge in [0.25, 0.3) is 0 Å². The van der Waals surface area contributed by atoms with Gasteiger partial charge in [0, 0.05) is 23.1 Å². The molecule has 0 saturated heterocycles. The molecule has 2 nitrogen and oxygen atoms in total. The van der Waals surface area contributed by atoms with Crippen LogP contribution in [0.1, 0.15) is 43.7 Å². The quantitative estimate of drug-likeness (QED) is 0.846. The van der Waals surface area contributed by atoms with Crippen LogP contribution in [0.4, 0.5) is 0 Å². The SMILES string of the molecule is Cc1ccc(CNCC2(N(C)C)CCCC(C)C2)c(Br)c1. The van der Waals surface area contributed by atoms with Crippen LogP contribution >= 0.6 is 15.9 Å². The Bertz CT molecular complexity index is 472. The topological polar surface area (TPSA) is 15.3 Å². The Morgan fingerprint density at radius 3 is 2.76 bits per heavy atom.